The summed E-state index contributed by atoms with van der Waals surface area (Å²) in [5.74, 6) is -0.230. The molecule has 6 N–H and O–H groups in total. The molecule has 1 amide bonds. The van der Waals surface area contributed by atoms with Crippen LogP contribution in [0.5, 0.6) is 0 Å². The molecule has 0 aliphatic carbocycles. The third-order valence-electron chi connectivity index (χ3n) is 12.1. The molecule has 9 heteroatoms. The molecule has 1 fully saturated rings. The van der Waals surface area contributed by atoms with Gasteiger partial charge in [-0.3, -0.25) is 4.79 Å². The van der Waals surface area contributed by atoms with Crippen LogP contribution in [0, 0.1) is 0 Å². The van der Waals surface area contributed by atoms with Crippen molar-refractivity contribution in [2.45, 2.75) is 230 Å². The summed E-state index contributed by atoms with van der Waals surface area (Å²) in [6.07, 6.45) is 71.9. The SMILES string of the molecule is CC/C=C\C/C=C\C/C=C\C/C=C\C/C=C\C/C=C\C/C=C\C/C=C\C/C=C\CCCCCC(=O)NC(COC1OC(CO)C(O)C(O)C1O)C(O)/C=C/CC/C=C/CC/C=C/CCCCCCCCCC. The fourth-order valence-corrected chi connectivity index (χ4v) is 7.71. The number of carbonyl (C=O) groups is 1. The Hall–Kier alpha value is -3.93. The van der Waals surface area contributed by atoms with E-state index in [1.165, 1.54) is 51.4 Å². The normalized spacial score (nSPS) is 20.3. The Balaban J connectivity index is 2.32. The van der Waals surface area contributed by atoms with Crippen molar-refractivity contribution >= 4 is 5.91 Å². The fraction of sp³-hybridized carbons (Fsp3) is 0.603. The highest BCUT2D eigenvalue weighted by atomic mass is 16.7. The molecule has 7 unspecified atom stereocenters. The molecule has 0 bridgehead atoms. The predicted octanol–water partition coefficient (Wildman–Crippen LogP) is 13.9. The average Bonchev–Trinajstić information content (AvgIpc) is 3.38. The van der Waals surface area contributed by atoms with Gasteiger partial charge in [0.2, 0.25) is 5.91 Å². The zero-order chi connectivity index (χ0) is 52.2. The first-order valence-electron chi connectivity index (χ1n) is 28.1. The van der Waals surface area contributed by atoms with E-state index in [1.54, 1.807) is 6.08 Å². The van der Waals surface area contributed by atoms with E-state index in [4.69, 9.17) is 9.47 Å². The van der Waals surface area contributed by atoms with Crippen LogP contribution in [0.2, 0.25) is 0 Å². The summed E-state index contributed by atoms with van der Waals surface area (Å²) in [6.45, 7) is 3.60. The minimum absolute atomic E-state index is 0.230. The summed E-state index contributed by atoms with van der Waals surface area (Å²) in [4.78, 5) is 13.0. The lowest BCUT2D eigenvalue weighted by molar-refractivity contribution is -0.302. The van der Waals surface area contributed by atoms with Crippen LogP contribution in [-0.4, -0.2) is 87.5 Å². The first-order valence-corrected chi connectivity index (χ1v) is 28.1. The largest absolute Gasteiger partial charge is 0.394 e. The summed E-state index contributed by atoms with van der Waals surface area (Å²) in [5.41, 5.74) is 0. The Labute approximate surface area is 438 Å². The van der Waals surface area contributed by atoms with Crippen LogP contribution in [-0.2, 0) is 14.3 Å². The molecule has 1 aliphatic heterocycles. The summed E-state index contributed by atoms with van der Waals surface area (Å²) >= 11 is 0. The number of allylic oxidation sites excluding steroid dienone is 23. The van der Waals surface area contributed by atoms with Crippen molar-refractivity contribution in [3.8, 4) is 0 Å². The van der Waals surface area contributed by atoms with E-state index in [0.29, 0.717) is 12.8 Å². The summed E-state index contributed by atoms with van der Waals surface area (Å²) in [6, 6.07) is -0.858. The third kappa shape index (κ3) is 39.6. The van der Waals surface area contributed by atoms with E-state index in [1.807, 2.05) is 6.08 Å². The molecule has 1 saturated heterocycles. The maximum absolute atomic E-state index is 13.0. The maximum atomic E-state index is 13.0. The number of nitrogens with one attached hydrogen (secondary N) is 1. The van der Waals surface area contributed by atoms with Crippen LogP contribution in [0.15, 0.2) is 146 Å². The summed E-state index contributed by atoms with van der Waals surface area (Å²) in [5, 5.41) is 54.4. The van der Waals surface area contributed by atoms with Crippen molar-refractivity contribution in [2.75, 3.05) is 13.2 Å². The van der Waals surface area contributed by atoms with Gasteiger partial charge in [0.05, 0.1) is 25.4 Å². The maximum Gasteiger partial charge on any atom is 0.220 e. The molecule has 0 aromatic carbocycles. The number of amides is 1. The molecule has 406 valence electrons. The lowest BCUT2D eigenvalue weighted by Gasteiger charge is -2.40. The minimum atomic E-state index is -1.59. The lowest BCUT2D eigenvalue weighted by Crippen LogP contribution is -2.60. The molecule has 0 aromatic heterocycles. The molecule has 1 rings (SSSR count). The second kappa shape index (κ2) is 50.6. The molecule has 7 atom stereocenters. The number of ether oxygens (including phenoxy) is 2. The van der Waals surface area contributed by atoms with Gasteiger partial charge in [-0.05, 0) is 116 Å². The fourth-order valence-electron chi connectivity index (χ4n) is 7.71. The number of aliphatic hydroxyl groups is 5. The van der Waals surface area contributed by atoms with Crippen LogP contribution in [0.3, 0.4) is 0 Å². The highest BCUT2D eigenvalue weighted by Gasteiger charge is 2.44. The number of carbonyl (C=O) groups excluding carboxylic acids is 1. The number of hydrogen-bond donors (Lipinski definition) is 6. The van der Waals surface area contributed by atoms with Crippen molar-refractivity contribution in [3.63, 3.8) is 0 Å². The molecule has 9 nitrogen and oxygen atoms in total. The highest BCUT2D eigenvalue weighted by Crippen LogP contribution is 2.22. The number of hydrogen-bond acceptors (Lipinski definition) is 8. The van der Waals surface area contributed by atoms with Crippen LogP contribution < -0.4 is 5.32 Å². The number of rotatable bonds is 45. The molecular weight excluding hydrogens is 899 g/mol. The lowest BCUT2D eigenvalue weighted by atomic mass is 9.99. The van der Waals surface area contributed by atoms with Gasteiger partial charge in [0, 0.05) is 6.42 Å². The Kier molecular flexibility index (Phi) is 46.4. The first kappa shape index (κ1) is 66.1. The summed E-state index contributed by atoms with van der Waals surface area (Å²) < 4.78 is 11.2. The van der Waals surface area contributed by atoms with Gasteiger partial charge in [-0.1, -0.05) is 211 Å². The molecular formula is C63H101NO8. The second-order valence-electron chi connectivity index (χ2n) is 18.6. The van der Waals surface area contributed by atoms with Crippen LogP contribution in [0.1, 0.15) is 187 Å². The molecule has 1 aliphatic rings. The topological polar surface area (TPSA) is 149 Å². The van der Waals surface area contributed by atoms with Crippen LogP contribution in [0.4, 0.5) is 0 Å². The highest BCUT2D eigenvalue weighted by molar-refractivity contribution is 5.76. The number of aliphatic hydroxyl groups excluding tert-OH is 5. The van der Waals surface area contributed by atoms with Crippen molar-refractivity contribution in [1.29, 1.82) is 0 Å². The number of unbranched alkanes of at least 4 members (excludes halogenated alkanes) is 13. The van der Waals surface area contributed by atoms with Crippen LogP contribution >= 0.6 is 0 Å². The van der Waals surface area contributed by atoms with Gasteiger partial charge in [0.1, 0.15) is 24.4 Å². The molecule has 0 saturated carbocycles. The standard InChI is InChI=1S/C63H101NO8/c1-3-5-7-9-11-13-15-17-19-21-23-24-25-26-27-28-29-30-31-32-33-34-35-37-39-41-43-45-47-49-51-53-59(67)64-56(55-71-63-62(70)61(69)60(68)58(54-65)72-63)57(66)52-50-48-46-44-42-40-38-36-22-20-18-16-14-12-10-8-6-4-2/h5,7,11,13,17,19,22-24,26-27,29-30,32-33,35-37,41-44,50,52,56-58,60-63,65-66,68-70H,3-4,6,8-10,12,14-16,18,20-21,25,28,31,34,38-40,45-49,51,53-55H2,1-2H3,(H,64,67)/b7-5-,13-11-,19-17-,24-23-,27-26-,30-29-,33-32-,36-22+,37-35-,43-41-,44-42+,52-50+. The van der Waals surface area contributed by atoms with Crippen molar-refractivity contribution in [3.05, 3.63) is 146 Å². The Morgan fingerprint density at radius 3 is 1.33 bits per heavy atom. The molecule has 72 heavy (non-hydrogen) atoms. The van der Waals surface area contributed by atoms with E-state index >= 15 is 0 Å². The van der Waals surface area contributed by atoms with Gasteiger partial charge < -0.3 is 40.3 Å². The van der Waals surface area contributed by atoms with E-state index in [2.05, 4.69) is 153 Å². The van der Waals surface area contributed by atoms with Crippen molar-refractivity contribution < 1.29 is 39.8 Å². The van der Waals surface area contributed by atoms with Gasteiger partial charge >= 0.3 is 0 Å². The molecule has 0 spiro atoms. The zero-order valence-electron chi connectivity index (χ0n) is 44.9. The quantitative estimate of drug-likeness (QED) is 0.0261. The molecule has 0 aromatic rings. The zero-order valence-corrected chi connectivity index (χ0v) is 44.9. The first-order chi connectivity index (χ1) is 35.3. The Morgan fingerprint density at radius 2 is 0.875 bits per heavy atom. The van der Waals surface area contributed by atoms with Gasteiger partial charge in [0.25, 0.3) is 0 Å². The predicted molar refractivity (Wildman–Crippen MR) is 303 cm³/mol. The van der Waals surface area contributed by atoms with E-state index in [-0.39, 0.29) is 18.9 Å². The van der Waals surface area contributed by atoms with Gasteiger partial charge in [-0.2, -0.15) is 0 Å². The van der Waals surface area contributed by atoms with Crippen molar-refractivity contribution in [1.82, 2.24) is 5.32 Å². The smallest absolute Gasteiger partial charge is 0.220 e. The summed E-state index contributed by atoms with van der Waals surface area (Å²) in [7, 11) is 0. The van der Waals surface area contributed by atoms with E-state index in [0.717, 1.165) is 103 Å². The van der Waals surface area contributed by atoms with Crippen molar-refractivity contribution in [2.24, 2.45) is 0 Å². The Bertz CT molecular complexity index is 1630. The van der Waals surface area contributed by atoms with E-state index in [9.17, 15) is 30.3 Å². The van der Waals surface area contributed by atoms with Crippen LogP contribution in [0.25, 0.3) is 0 Å². The van der Waals surface area contributed by atoms with E-state index < -0.39 is 49.5 Å². The Morgan fingerprint density at radius 1 is 0.486 bits per heavy atom. The third-order valence-corrected chi connectivity index (χ3v) is 12.1. The second-order valence-corrected chi connectivity index (χ2v) is 18.6. The van der Waals surface area contributed by atoms with Gasteiger partial charge in [-0.25, -0.2) is 0 Å². The molecule has 1 heterocycles. The molecule has 0 radical (unpaired) electrons. The average molecular weight is 1000 g/mol. The minimum Gasteiger partial charge on any atom is -0.394 e. The monoisotopic (exact) mass is 1000 g/mol. The van der Waals surface area contributed by atoms with Gasteiger partial charge in [0.15, 0.2) is 6.29 Å². The van der Waals surface area contributed by atoms with Gasteiger partial charge in [-0.15, -0.1) is 0 Å².